The van der Waals surface area contributed by atoms with Crippen molar-refractivity contribution < 1.29 is 22.7 Å². The van der Waals surface area contributed by atoms with E-state index in [1.807, 2.05) is 12.1 Å². The topological polar surface area (TPSA) is 87.8 Å². The van der Waals surface area contributed by atoms with Gasteiger partial charge in [-0.3, -0.25) is 0 Å². The fourth-order valence-corrected chi connectivity index (χ4v) is 4.60. The molecule has 0 aromatic carbocycles. The number of carboxylic acid groups (broad SMARTS) is 1. The van der Waals surface area contributed by atoms with Crippen molar-refractivity contribution in [1.82, 2.24) is 4.31 Å². The van der Waals surface area contributed by atoms with Gasteiger partial charge in [-0.25, -0.2) is 13.2 Å². The minimum Gasteiger partial charge on any atom is -0.475 e. The average Bonchev–Trinajstić information content (AvgIpc) is 3.04. The van der Waals surface area contributed by atoms with Crippen molar-refractivity contribution >= 4 is 43.3 Å². The second kappa shape index (κ2) is 6.30. The Morgan fingerprint density at radius 3 is 2.57 bits per heavy atom. The molecule has 0 amide bonds. The lowest BCUT2D eigenvalue weighted by Gasteiger charge is -2.17. The minimum absolute atomic E-state index is 0.207. The smallest absolute Gasteiger partial charge is 0.371 e. The summed E-state index contributed by atoms with van der Waals surface area (Å²) in [5, 5.41) is 8.43. The second-order valence-electron chi connectivity index (χ2n) is 4.06. The largest absolute Gasteiger partial charge is 0.475 e. The molecule has 0 unspecified atom stereocenters. The van der Waals surface area contributed by atoms with Crippen molar-refractivity contribution in [3.8, 4) is 0 Å². The Hall–Kier alpha value is -1.16. The minimum atomic E-state index is -3.86. The van der Waals surface area contributed by atoms with Gasteiger partial charge in [0.2, 0.25) is 10.9 Å². The van der Waals surface area contributed by atoms with Gasteiger partial charge in [0.15, 0.2) is 0 Å². The van der Waals surface area contributed by atoms with Crippen LogP contribution in [0.1, 0.15) is 22.4 Å². The van der Waals surface area contributed by atoms with Crippen LogP contribution < -0.4 is 0 Å². The third-order valence-corrected chi connectivity index (χ3v) is 6.10. The van der Waals surface area contributed by atoms with E-state index < -0.39 is 21.8 Å². The number of aromatic carboxylic acids is 1. The monoisotopic (exact) mass is 393 g/mol. The highest BCUT2D eigenvalue weighted by molar-refractivity contribution is 9.11. The van der Waals surface area contributed by atoms with Gasteiger partial charge in [-0.2, -0.15) is 4.31 Å². The zero-order chi connectivity index (χ0) is 15.6. The van der Waals surface area contributed by atoms with E-state index in [0.717, 1.165) is 20.8 Å². The molecule has 0 bridgehead atoms. The predicted molar refractivity (Wildman–Crippen MR) is 81.0 cm³/mol. The molecule has 2 aromatic rings. The molecule has 2 heterocycles. The van der Waals surface area contributed by atoms with Crippen molar-refractivity contribution in [3.63, 3.8) is 0 Å². The van der Waals surface area contributed by atoms with Crippen LogP contribution in [0, 0.1) is 0 Å². The van der Waals surface area contributed by atoms with E-state index in [9.17, 15) is 13.2 Å². The molecule has 0 saturated carbocycles. The number of halogens is 1. The fourth-order valence-electron chi connectivity index (χ4n) is 1.68. The predicted octanol–water partition coefficient (Wildman–Crippen LogP) is 3.01. The summed E-state index contributed by atoms with van der Waals surface area (Å²) in [5.41, 5.74) is 0. The maximum atomic E-state index is 12.4. The highest BCUT2D eigenvalue weighted by Gasteiger charge is 2.28. The first-order valence-corrected chi connectivity index (χ1v) is 8.97. The van der Waals surface area contributed by atoms with E-state index in [2.05, 4.69) is 15.9 Å². The van der Waals surface area contributed by atoms with Gasteiger partial charge in [-0.1, -0.05) is 6.92 Å². The van der Waals surface area contributed by atoms with E-state index in [4.69, 9.17) is 9.52 Å². The first kappa shape index (κ1) is 16.2. The molecule has 114 valence electrons. The molecule has 0 fully saturated rings. The molecule has 1 N–H and O–H groups in total. The van der Waals surface area contributed by atoms with Crippen LogP contribution in [-0.2, 0) is 16.6 Å². The van der Waals surface area contributed by atoms with E-state index in [0.29, 0.717) is 0 Å². The Labute approximate surface area is 134 Å². The van der Waals surface area contributed by atoms with Crippen molar-refractivity contribution in [3.05, 3.63) is 38.7 Å². The van der Waals surface area contributed by atoms with Gasteiger partial charge < -0.3 is 9.52 Å². The van der Waals surface area contributed by atoms with Crippen molar-refractivity contribution in [1.29, 1.82) is 0 Å². The molecule has 0 aliphatic heterocycles. The fraction of sp³-hybridized carbons (Fsp3) is 0.250. The maximum absolute atomic E-state index is 12.4. The lowest BCUT2D eigenvalue weighted by molar-refractivity contribution is 0.0656. The Morgan fingerprint density at radius 1 is 1.38 bits per heavy atom. The number of nitrogens with zero attached hydrogens (tertiary/aromatic N) is 1. The second-order valence-corrected chi connectivity index (χ2v) is 8.48. The summed E-state index contributed by atoms with van der Waals surface area (Å²) in [6, 6.07) is 5.96. The summed E-state index contributed by atoms with van der Waals surface area (Å²) in [5.74, 6) is -1.70. The van der Waals surface area contributed by atoms with Crippen molar-refractivity contribution in [2.75, 3.05) is 6.54 Å². The molecule has 2 rings (SSSR count). The molecule has 0 saturated heterocycles. The van der Waals surface area contributed by atoms with Crippen molar-refractivity contribution in [2.45, 2.75) is 18.6 Å². The normalized spacial score (nSPS) is 12.0. The molecule has 9 heteroatoms. The van der Waals surface area contributed by atoms with E-state index in [-0.39, 0.29) is 18.2 Å². The van der Waals surface area contributed by atoms with Crippen LogP contribution in [0.4, 0.5) is 0 Å². The molecule has 0 spiro atoms. The number of rotatable bonds is 6. The zero-order valence-corrected chi connectivity index (χ0v) is 14.2. The summed E-state index contributed by atoms with van der Waals surface area (Å²) < 4.78 is 31.9. The number of sulfonamides is 1. The highest BCUT2D eigenvalue weighted by atomic mass is 79.9. The Bertz CT molecular complexity index is 749. The van der Waals surface area contributed by atoms with Crippen LogP contribution in [-0.4, -0.2) is 30.3 Å². The van der Waals surface area contributed by atoms with Gasteiger partial charge in [0, 0.05) is 18.0 Å². The lowest BCUT2D eigenvalue weighted by Crippen LogP contribution is -2.29. The number of hydrogen-bond donors (Lipinski definition) is 1. The van der Waals surface area contributed by atoms with E-state index >= 15 is 0 Å². The summed E-state index contributed by atoms with van der Waals surface area (Å²) in [7, 11) is -3.86. The van der Waals surface area contributed by atoms with Gasteiger partial charge >= 0.3 is 5.97 Å². The third-order valence-electron chi connectivity index (χ3n) is 2.70. The van der Waals surface area contributed by atoms with Crippen molar-refractivity contribution in [2.24, 2.45) is 0 Å². The van der Waals surface area contributed by atoms with Crippen LogP contribution >= 0.6 is 27.3 Å². The molecular formula is C12H12BrNO5S2. The Balaban J connectivity index is 2.28. The first-order chi connectivity index (χ1) is 9.84. The number of carboxylic acids is 1. The molecule has 0 aliphatic rings. The SMILES string of the molecule is CCN(Cc1ccc(Br)s1)S(=O)(=O)c1ccc(C(=O)O)o1. The van der Waals surface area contributed by atoms with Gasteiger partial charge in [-0.15, -0.1) is 11.3 Å². The zero-order valence-electron chi connectivity index (χ0n) is 10.9. The molecule has 0 aliphatic carbocycles. The van der Waals surface area contributed by atoms with Crippen LogP contribution in [0.25, 0.3) is 0 Å². The van der Waals surface area contributed by atoms with Crippen LogP contribution in [0.3, 0.4) is 0 Å². The summed E-state index contributed by atoms with van der Waals surface area (Å²) >= 11 is 4.76. The van der Waals surface area contributed by atoms with Gasteiger partial charge in [0.25, 0.3) is 10.0 Å². The number of carbonyl (C=O) groups is 1. The molecule has 2 aromatic heterocycles. The molecule has 0 atom stereocenters. The highest BCUT2D eigenvalue weighted by Crippen LogP contribution is 2.26. The average molecular weight is 394 g/mol. The van der Waals surface area contributed by atoms with E-state index in [1.165, 1.54) is 15.6 Å². The Morgan fingerprint density at radius 2 is 2.10 bits per heavy atom. The van der Waals surface area contributed by atoms with E-state index in [1.54, 1.807) is 6.92 Å². The third kappa shape index (κ3) is 3.54. The van der Waals surface area contributed by atoms with Crippen LogP contribution in [0.5, 0.6) is 0 Å². The number of hydrogen-bond acceptors (Lipinski definition) is 5. The van der Waals surface area contributed by atoms with Crippen LogP contribution in [0.2, 0.25) is 0 Å². The summed E-state index contributed by atoms with van der Waals surface area (Å²) in [6.07, 6.45) is 0. The first-order valence-electron chi connectivity index (χ1n) is 5.92. The summed E-state index contributed by atoms with van der Waals surface area (Å²) in [6.45, 7) is 2.17. The van der Waals surface area contributed by atoms with Gasteiger partial charge in [-0.05, 0) is 40.2 Å². The van der Waals surface area contributed by atoms with Crippen LogP contribution in [0.15, 0.2) is 37.6 Å². The van der Waals surface area contributed by atoms with Gasteiger partial charge in [0.05, 0.1) is 3.79 Å². The van der Waals surface area contributed by atoms with Gasteiger partial charge in [0.1, 0.15) is 0 Å². The number of furan rings is 1. The number of thiophene rings is 1. The standard InChI is InChI=1S/C12H12BrNO5S2/c1-2-14(7-8-3-5-10(13)20-8)21(17,18)11-6-4-9(19-11)12(15)16/h3-6H,2,7H2,1H3,(H,15,16). The molecule has 0 radical (unpaired) electrons. The molecule has 21 heavy (non-hydrogen) atoms. The quantitative estimate of drug-likeness (QED) is 0.814. The maximum Gasteiger partial charge on any atom is 0.371 e. The molecule has 6 nitrogen and oxygen atoms in total. The summed E-state index contributed by atoms with van der Waals surface area (Å²) in [4.78, 5) is 11.6. The molecular weight excluding hydrogens is 382 g/mol. The Kier molecular flexibility index (Phi) is 4.87. The lowest BCUT2D eigenvalue weighted by atomic mass is 10.4.